The van der Waals surface area contributed by atoms with E-state index in [1.54, 1.807) is 24.3 Å². The molecule has 0 heterocycles. The summed E-state index contributed by atoms with van der Waals surface area (Å²) in [4.78, 5) is 23.8. The van der Waals surface area contributed by atoms with E-state index < -0.39 is 12.0 Å². The average Bonchev–Trinajstić information content (AvgIpc) is 2.42. The maximum absolute atomic E-state index is 12.1. The quantitative estimate of drug-likeness (QED) is 0.625. The van der Waals surface area contributed by atoms with Crippen LogP contribution in [0.2, 0.25) is 0 Å². The number of nitrogens with one attached hydrogen (secondary N) is 1. The number of nitrogen functional groups attached to an aromatic ring is 1. The summed E-state index contributed by atoms with van der Waals surface area (Å²) < 4.78 is 4.72. The van der Waals surface area contributed by atoms with E-state index in [0.29, 0.717) is 11.3 Å². The Morgan fingerprint density at radius 3 is 2.63 bits per heavy atom. The van der Waals surface area contributed by atoms with Crippen molar-refractivity contribution < 1.29 is 14.3 Å². The molecule has 1 amide bonds. The summed E-state index contributed by atoms with van der Waals surface area (Å²) in [5.41, 5.74) is 6.56. The number of benzene rings is 1. The highest BCUT2D eigenvalue weighted by Crippen LogP contribution is 2.12. The second-order valence-corrected chi connectivity index (χ2v) is 4.49. The largest absolute Gasteiger partial charge is 0.467 e. The fourth-order valence-corrected chi connectivity index (χ4v) is 1.70. The molecule has 2 atom stereocenters. The first kappa shape index (κ1) is 15.0. The van der Waals surface area contributed by atoms with Gasteiger partial charge in [-0.2, -0.15) is 0 Å². The predicted molar refractivity (Wildman–Crippen MR) is 73.6 cm³/mol. The molecule has 1 aromatic carbocycles. The topological polar surface area (TPSA) is 81.4 Å². The van der Waals surface area contributed by atoms with Crippen molar-refractivity contribution in [1.82, 2.24) is 5.32 Å². The fraction of sp³-hybridized carbons (Fsp3) is 0.429. The summed E-state index contributed by atoms with van der Waals surface area (Å²) in [5.74, 6) is -0.771. The van der Waals surface area contributed by atoms with Crippen molar-refractivity contribution in [2.24, 2.45) is 5.92 Å². The second kappa shape index (κ2) is 6.78. The van der Waals surface area contributed by atoms with Crippen molar-refractivity contribution in [3.05, 3.63) is 29.8 Å². The zero-order valence-corrected chi connectivity index (χ0v) is 11.5. The Hall–Kier alpha value is -2.04. The van der Waals surface area contributed by atoms with Crippen molar-refractivity contribution in [2.45, 2.75) is 26.3 Å². The van der Waals surface area contributed by atoms with Crippen LogP contribution in [0.3, 0.4) is 0 Å². The van der Waals surface area contributed by atoms with E-state index in [1.807, 2.05) is 13.8 Å². The third-order valence-electron chi connectivity index (χ3n) is 3.10. The molecule has 5 heteroatoms. The third-order valence-corrected chi connectivity index (χ3v) is 3.10. The molecular formula is C14H20N2O3. The van der Waals surface area contributed by atoms with Gasteiger partial charge in [0.2, 0.25) is 0 Å². The van der Waals surface area contributed by atoms with Gasteiger partial charge >= 0.3 is 5.97 Å². The number of carbonyl (C=O) groups excluding carboxylic acids is 2. The Labute approximate surface area is 113 Å². The predicted octanol–water partition coefficient (Wildman–Crippen LogP) is 1.59. The van der Waals surface area contributed by atoms with Gasteiger partial charge in [0.1, 0.15) is 6.04 Å². The Bertz CT molecular complexity index is 460. The average molecular weight is 264 g/mol. The molecule has 1 unspecified atom stereocenters. The molecule has 0 fully saturated rings. The van der Waals surface area contributed by atoms with Gasteiger partial charge in [-0.1, -0.05) is 26.3 Å². The van der Waals surface area contributed by atoms with Crippen LogP contribution in [0.5, 0.6) is 0 Å². The van der Waals surface area contributed by atoms with Crippen molar-refractivity contribution in [3.8, 4) is 0 Å². The molecule has 1 aromatic rings. The van der Waals surface area contributed by atoms with Crippen LogP contribution in [0.15, 0.2) is 24.3 Å². The van der Waals surface area contributed by atoms with Crippen LogP contribution in [0.25, 0.3) is 0 Å². The lowest BCUT2D eigenvalue weighted by atomic mass is 9.99. The molecule has 19 heavy (non-hydrogen) atoms. The molecule has 0 bridgehead atoms. The normalized spacial score (nSPS) is 13.4. The highest BCUT2D eigenvalue weighted by molar-refractivity contribution is 5.97. The molecule has 0 saturated carbocycles. The molecule has 3 N–H and O–H groups in total. The molecule has 1 rings (SSSR count). The van der Waals surface area contributed by atoms with Crippen LogP contribution < -0.4 is 11.1 Å². The zero-order chi connectivity index (χ0) is 14.4. The van der Waals surface area contributed by atoms with E-state index in [9.17, 15) is 9.59 Å². The molecule has 5 nitrogen and oxygen atoms in total. The van der Waals surface area contributed by atoms with Gasteiger partial charge in [-0.05, 0) is 24.1 Å². The molecule has 0 aromatic heterocycles. The Morgan fingerprint density at radius 2 is 2.11 bits per heavy atom. The van der Waals surface area contributed by atoms with Crippen LogP contribution in [0, 0.1) is 5.92 Å². The van der Waals surface area contributed by atoms with E-state index in [0.717, 1.165) is 6.42 Å². The van der Waals surface area contributed by atoms with Gasteiger partial charge in [-0.15, -0.1) is 0 Å². The van der Waals surface area contributed by atoms with Gasteiger partial charge in [0.05, 0.1) is 7.11 Å². The number of carbonyl (C=O) groups is 2. The minimum absolute atomic E-state index is 0.00235. The van der Waals surface area contributed by atoms with Gasteiger partial charge in [-0.25, -0.2) is 4.79 Å². The molecule has 0 saturated heterocycles. The van der Waals surface area contributed by atoms with Gasteiger partial charge in [0, 0.05) is 11.3 Å². The zero-order valence-electron chi connectivity index (χ0n) is 11.5. The maximum atomic E-state index is 12.1. The van der Waals surface area contributed by atoms with Gasteiger partial charge in [0.25, 0.3) is 5.91 Å². The van der Waals surface area contributed by atoms with Gasteiger partial charge in [0.15, 0.2) is 0 Å². The number of hydrogen-bond acceptors (Lipinski definition) is 4. The molecule has 0 aliphatic carbocycles. The Morgan fingerprint density at radius 1 is 1.42 bits per heavy atom. The van der Waals surface area contributed by atoms with Crippen molar-refractivity contribution >= 4 is 17.6 Å². The first-order valence-corrected chi connectivity index (χ1v) is 6.23. The number of esters is 1. The number of hydrogen-bond donors (Lipinski definition) is 2. The van der Waals surface area contributed by atoms with Crippen molar-refractivity contribution in [2.75, 3.05) is 12.8 Å². The van der Waals surface area contributed by atoms with Crippen LogP contribution >= 0.6 is 0 Å². The molecule has 0 aliphatic heterocycles. The van der Waals surface area contributed by atoms with Crippen LogP contribution in [0.1, 0.15) is 30.6 Å². The second-order valence-electron chi connectivity index (χ2n) is 4.49. The first-order valence-electron chi connectivity index (χ1n) is 6.23. The lowest BCUT2D eigenvalue weighted by Gasteiger charge is -2.21. The summed E-state index contributed by atoms with van der Waals surface area (Å²) in [5, 5.41) is 2.69. The number of rotatable bonds is 5. The highest BCUT2D eigenvalue weighted by Gasteiger charge is 2.26. The smallest absolute Gasteiger partial charge is 0.328 e. The molecule has 0 radical (unpaired) electrons. The number of anilines is 1. The summed E-state index contributed by atoms with van der Waals surface area (Å²) >= 11 is 0. The maximum Gasteiger partial charge on any atom is 0.328 e. The van der Waals surface area contributed by atoms with Crippen LogP contribution in [-0.4, -0.2) is 25.0 Å². The van der Waals surface area contributed by atoms with Crippen molar-refractivity contribution in [1.29, 1.82) is 0 Å². The molecular weight excluding hydrogens is 244 g/mol. The van der Waals surface area contributed by atoms with Crippen LogP contribution in [0.4, 0.5) is 5.69 Å². The minimum atomic E-state index is -0.649. The van der Waals surface area contributed by atoms with Gasteiger partial charge < -0.3 is 15.8 Å². The van der Waals surface area contributed by atoms with E-state index in [4.69, 9.17) is 10.5 Å². The monoisotopic (exact) mass is 264 g/mol. The van der Waals surface area contributed by atoms with E-state index in [2.05, 4.69) is 5.32 Å². The SMILES string of the molecule is CCC(C)[C@H](NC(=O)c1cccc(N)c1)C(=O)OC. The molecule has 0 spiro atoms. The fourth-order valence-electron chi connectivity index (χ4n) is 1.70. The Kier molecular flexibility index (Phi) is 5.36. The van der Waals surface area contributed by atoms with Crippen LogP contribution in [-0.2, 0) is 9.53 Å². The highest BCUT2D eigenvalue weighted by atomic mass is 16.5. The summed E-state index contributed by atoms with van der Waals surface area (Å²) in [6.07, 6.45) is 0.761. The lowest BCUT2D eigenvalue weighted by molar-refractivity contribution is -0.144. The Balaban J connectivity index is 2.84. The summed E-state index contributed by atoms with van der Waals surface area (Å²) in [6.45, 7) is 3.84. The number of methoxy groups -OCH3 is 1. The first-order chi connectivity index (χ1) is 8.99. The van der Waals surface area contributed by atoms with Gasteiger partial charge in [-0.3, -0.25) is 4.79 Å². The third kappa shape index (κ3) is 3.98. The number of amides is 1. The van der Waals surface area contributed by atoms with E-state index >= 15 is 0 Å². The minimum Gasteiger partial charge on any atom is -0.467 e. The van der Waals surface area contributed by atoms with E-state index in [-0.39, 0.29) is 11.8 Å². The summed E-state index contributed by atoms with van der Waals surface area (Å²) in [6, 6.07) is 5.96. The standard InChI is InChI=1S/C14H20N2O3/c1-4-9(2)12(14(18)19-3)16-13(17)10-6-5-7-11(15)8-10/h5-9,12H,4,15H2,1-3H3,(H,16,17)/t9?,12-/m0/s1. The molecule has 104 valence electrons. The molecule has 0 aliphatic rings. The lowest BCUT2D eigenvalue weighted by Crippen LogP contribution is -2.45. The summed E-state index contributed by atoms with van der Waals surface area (Å²) in [7, 11) is 1.31. The number of nitrogens with two attached hydrogens (primary N) is 1. The van der Waals surface area contributed by atoms with E-state index in [1.165, 1.54) is 7.11 Å². The van der Waals surface area contributed by atoms with Crippen molar-refractivity contribution in [3.63, 3.8) is 0 Å². The number of ether oxygens (including phenoxy) is 1.